The molecule has 0 spiro atoms. The number of hydrogen-bond acceptors (Lipinski definition) is 5. The van der Waals surface area contributed by atoms with Crippen molar-refractivity contribution in [2.45, 2.75) is 33.7 Å². The number of methoxy groups -OCH3 is 1. The van der Waals surface area contributed by atoms with E-state index in [4.69, 9.17) is 16.3 Å². The third-order valence-corrected chi connectivity index (χ3v) is 7.14. The Morgan fingerprint density at radius 1 is 0.973 bits per heavy atom. The molecule has 0 saturated carbocycles. The first-order valence-corrected chi connectivity index (χ1v) is 12.7. The van der Waals surface area contributed by atoms with Gasteiger partial charge in [-0.15, -0.1) is 0 Å². The SMILES string of the molecule is CCN(CC)c1ccc(C2/C(=C(\O)c3cc(C)c(OC)cc3C)C(=O)C(=O)N2c2ccc(Cl)cc2)cc1. The molecule has 1 amide bonds. The van der Waals surface area contributed by atoms with E-state index in [1.807, 2.05) is 44.2 Å². The van der Waals surface area contributed by atoms with Gasteiger partial charge in [0.15, 0.2) is 0 Å². The molecule has 37 heavy (non-hydrogen) atoms. The molecule has 1 unspecified atom stereocenters. The minimum atomic E-state index is -0.811. The zero-order valence-electron chi connectivity index (χ0n) is 21.7. The molecule has 7 heteroatoms. The maximum absolute atomic E-state index is 13.5. The second-order valence-electron chi connectivity index (χ2n) is 9.05. The average molecular weight is 519 g/mol. The number of aliphatic hydroxyl groups excluding tert-OH is 1. The van der Waals surface area contributed by atoms with E-state index in [-0.39, 0.29) is 11.3 Å². The summed E-state index contributed by atoms with van der Waals surface area (Å²) < 4.78 is 5.41. The number of aliphatic hydroxyl groups is 1. The lowest BCUT2D eigenvalue weighted by Crippen LogP contribution is -2.29. The lowest BCUT2D eigenvalue weighted by molar-refractivity contribution is -0.132. The number of hydrogen-bond donors (Lipinski definition) is 1. The van der Waals surface area contributed by atoms with Crippen molar-refractivity contribution < 1.29 is 19.4 Å². The van der Waals surface area contributed by atoms with Crippen molar-refractivity contribution >= 4 is 40.4 Å². The molecular weight excluding hydrogens is 488 g/mol. The van der Waals surface area contributed by atoms with Crippen LogP contribution in [0.4, 0.5) is 11.4 Å². The van der Waals surface area contributed by atoms with Gasteiger partial charge in [-0.25, -0.2) is 0 Å². The highest BCUT2D eigenvalue weighted by Crippen LogP contribution is 2.43. The minimum Gasteiger partial charge on any atom is -0.507 e. The van der Waals surface area contributed by atoms with Gasteiger partial charge in [-0.05, 0) is 92.9 Å². The Morgan fingerprint density at radius 3 is 2.16 bits per heavy atom. The zero-order chi connectivity index (χ0) is 26.9. The van der Waals surface area contributed by atoms with Crippen LogP contribution in [0.15, 0.2) is 66.2 Å². The summed E-state index contributed by atoms with van der Waals surface area (Å²) in [5, 5.41) is 12.1. The topological polar surface area (TPSA) is 70.1 Å². The molecule has 0 aliphatic carbocycles. The second-order valence-corrected chi connectivity index (χ2v) is 9.48. The van der Waals surface area contributed by atoms with Crippen molar-refractivity contribution in [2.75, 3.05) is 30.0 Å². The Kier molecular flexibility index (Phi) is 7.60. The molecule has 1 saturated heterocycles. The number of benzene rings is 3. The number of amides is 1. The average Bonchev–Trinajstić information content (AvgIpc) is 3.16. The van der Waals surface area contributed by atoms with E-state index in [0.29, 0.717) is 22.0 Å². The number of carbonyl (C=O) groups excluding carboxylic acids is 2. The normalized spacial score (nSPS) is 16.8. The molecule has 3 aromatic rings. The molecule has 1 fully saturated rings. The highest BCUT2D eigenvalue weighted by molar-refractivity contribution is 6.51. The van der Waals surface area contributed by atoms with Gasteiger partial charge in [0.2, 0.25) is 0 Å². The van der Waals surface area contributed by atoms with Gasteiger partial charge in [0, 0.05) is 35.1 Å². The van der Waals surface area contributed by atoms with E-state index in [0.717, 1.165) is 35.5 Å². The molecule has 1 atom stereocenters. The highest BCUT2D eigenvalue weighted by atomic mass is 35.5. The molecule has 1 heterocycles. The summed E-state index contributed by atoms with van der Waals surface area (Å²) in [4.78, 5) is 30.5. The second kappa shape index (κ2) is 10.7. The largest absolute Gasteiger partial charge is 0.507 e. The molecule has 0 aromatic heterocycles. The Labute approximate surface area is 222 Å². The Bertz CT molecular complexity index is 1360. The first-order valence-electron chi connectivity index (χ1n) is 12.3. The summed E-state index contributed by atoms with van der Waals surface area (Å²) in [6.45, 7) is 9.59. The summed E-state index contributed by atoms with van der Waals surface area (Å²) >= 11 is 6.09. The molecule has 4 rings (SSSR count). The van der Waals surface area contributed by atoms with Crippen LogP contribution in [-0.4, -0.2) is 37.0 Å². The van der Waals surface area contributed by atoms with Gasteiger partial charge in [0.25, 0.3) is 11.7 Å². The van der Waals surface area contributed by atoms with E-state index >= 15 is 0 Å². The number of nitrogens with zero attached hydrogens (tertiary/aromatic N) is 2. The zero-order valence-corrected chi connectivity index (χ0v) is 22.5. The fourth-order valence-corrected chi connectivity index (χ4v) is 5.01. The number of ketones is 1. The number of Topliss-reactive ketones (excluding diaryl/α,β-unsaturated/α-hetero) is 1. The number of halogens is 1. The third kappa shape index (κ3) is 4.81. The van der Waals surface area contributed by atoms with Crippen LogP contribution in [0, 0.1) is 13.8 Å². The van der Waals surface area contributed by atoms with Crippen LogP contribution in [0.1, 0.15) is 42.1 Å². The minimum absolute atomic E-state index is 0.0446. The molecule has 1 aliphatic rings. The smallest absolute Gasteiger partial charge is 0.300 e. The monoisotopic (exact) mass is 518 g/mol. The van der Waals surface area contributed by atoms with E-state index in [2.05, 4.69) is 18.7 Å². The summed E-state index contributed by atoms with van der Waals surface area (Å²) in [5.41, 5.74) is 4.34. The number of aryl methyl sites for hydroxylation is 2. The highest BCUT2D eigenvalue weighted by Gasteiger charge is 2.47. The van der Waals surface area contributed by atoms with Crippen molar-refractivity contribution in [3.05, 3.63) is 93.5 Å². The quantitative estimate of drug-likeness (QED) is 0.221. The van der Waals surface area contributed by atoms with Crippen molar-refractivity contribution in [3.63, 3.8) is 0 Å². The number of carbonyl (C=O) groups is 2. The van der Waals surface area contributed by atoms with Crippen LogP contribution in [-0.2, 0) is 9.59 Å². The first-order chi connectivity index (χ1) is 17.7. The van der Waals surface area contributed by atoms with Gasteiger partial charge < -0.3 is 14.7 Å². The van der Waals surface area contributed by atoms with E-state index in [1.54, 1.807) is 37.4 Å². The van der Waals surface area contributed by atoms with Crippen LogP contribution >= 0.6 is 11.6 Å². The fourth-order valence-electron chi connectivity index (χ4n) is 4.88. The Morgan fingerprint density at radius 2 is 1.59 bits per heavy atom. The van der Waals surface area contributed by atoms with Crippen molar-refractivity contribution in [3.8, 4) is 5.75 Å². The van der Waals surface area contributed by atoms with Crippen molar-refractivity contribution in [2.24, 2.45) is 0 Å². The third-order valence-electron chi connectivity index (χ3n) is 6.88. The summed E-state index contributed by atoms with van der Waals surface area (Å²) in [6.07, 6.45) is 0. The summed E-state index contributed by atoms with van der Waals surface area (Å²) in [6, 6.07) is 17.3. The Balaban J connectivity index is 1.93. The lowest BCUT2D eigenvalue weighted by atomic mass is 9.92. The van der Waals surface area contributed by atoms with E-state index in [1.165, 1.54) is 4.90 Å². The number of ether oxygens (including phenoxy) is 1. The molecule has 3 aromatic carbocycles. The predicted molar refractivity (Wildman–Crippen MR) is 149 cm³/mol. The molecule has 1 N–H and O–H groups in total. The van der Waals surface area contributed by atoms with Crippen molar-refractivity contribution in [1.29, 1.82) is 0 Å². The first kappa shape index (κ1) is 26.3. The molecular formula is C30H31ClN2O4. The molecule has 0 bridgehead atoms. The van der Waals surface area contributed by atoms with Gasteiger partial charge in [-0.3, -0.25) is 14.5 Å². The number of rotatable bonds is 7. The standard InChI is InChI=1S/C30H31ClN2O4/c1-6-32(7-2)22-12-8-20(9-13-22)27-26(28(34)24-16-19(4)25(37-5)17-18(24)3)29(35)30(36)33(27)23-14-10-21(31)11-15-23/h8-17,27,34H,6-7H2,1-5H3/b28-26+. The summed E-state index contributed by atoms with van der Waals surface area (Å²) in [5.74, 6) is -0.974. The fraction of sp³-hybridized carbons (Fsp3) is 0.267. The van der Waals surface area contributed by atoms with E-state index in [9.17, 15) is 14.7 Å². The molecule has 1 aliphatic heterocycles. The summed E-state index contributed by atoms with van der Waals surface area (Å²) in [7, 11) is 1.58. The van der Waals surface area contributed by atoms with Crippen LogP contribution in [0.5, 0.6) is 5.75 Å². The van der Waals surface area contributed by atoms with E-state index < -0.39 is 17.7 Å². The molecule has 6 nitrogen and oxygen atoms in total. The van der Waals surface area contributed by atoms with Crippen LogP contribution in [0.2, 0.25) is 5.02 Å². The maximum Gasteiger partial charge on any atom is 0.300 e. The van der Waals surface area contributed by atoms with Gasteiger partial charge >= 0.3 is 0 Å². The van der Waals surface area contributed by atoms with Gasteiger partial charge in [0.1, 0.15) is 11.5 Å². The van der Waals surface area contributed by atoms with Gasteiger partial charge in [0.05, 0.1) is 18.7 Å². The van der Waals surface area contributed by atoms with Crippen LogP contribution in [0.3, 0.4) is 0 Å². The van der Waals surface area contributed by atoms with Crippen molar-refractivity contribution in [1.82, 2.24) is 0 Å². The lowest BCUT2D eigenvalue weighted by Gasteiger charge is -2.27. The molecule has 192 valence electrons. The Hall–Kier alpha value is -3.77. The van der Waals surface area contributed by atoms with Gasteiger partial charge in [-0.1, -0.05) is 23.7 Å². The van der Waals surface area contributed by atoms with Gasteiger partial charge in [-0.2, -0.15) is 0 Å². The molecule has 0 radical (unpaired) electrons. The predicted octanol–water partition coefficient (Wildman–Crippen LogP) is 6.44. The van der Waals surface area contributed by atoms with Crippen LogP contribution < -0.4 is 14.5 Å². The van der Waals surface area contributed by atoms with Crippen LogP contribution in [0.25, 0.3) is 5.76 Å². The maximum atomic E-state index is 13.5. The number of anilines is 2.